The summed E-state index contributed by atoms with van der Waals surface area (Å²) in [4.78, 5) is 36.8. The number of hydrogen-bond acceptors (Lipinski definition) is 5. The van der Waals surface area contributed by atoms with Crippen molar-refractivity contribution in [3.05, 3.63) is 0 Å². The molecular weight excluding hydrogens is 384 g/mol. The number of rotatable bonds is 5. The first-order chi connectivity index (χ1) is 14.2. The van der Waals surface area contributed by atoms with Crippen LogP contribution >= 0.6 is 0 Å². The lowest BCUT2D eigenvalue weighted by Crippen LogP contribution is -2.53. The quantitative estimate of drug-likeness (QED) is 0.404. The summed E-state index contributed by atoms with van der Waals surface area (Å²) >= 11 is 0. The molecule has 0 bridgehead atoms. The summed E-state index contributed by atoms with van der Waals surface area (Å²) in [5.41, 5.74) is -0.449. The van der Waals surface area contributed by atoms with Crippen LogP contribution < -0.4 is 5.32 Å². The zero-order chi connectivity index (χ0) is 22.1. The number of piperazine rings is 2. The van der Waals surface area contributed by atoms with Crippen molar-refractivity contribution in [2.45, 2.75) is 46.6 Å². The number of nitrogens with one attached hydrogen (secondary N) is 1. The van der Waals surface area contributed by atoms with Gasteiger partial charge in [0.1, 0.15) is 5.60 Å². The fourth-order valence-electron chi connectivity index (χ4n) is 3.62. The van der Waals surface area contributed by atoms with Gasteiger partial charge >= 0.3 is 6.09 Å². The number of guanidine groups is 1. The van der Waals surface area contributed by atoms with Crippen LogP contribution in [-0.2, 0) is 9.53 Å². The van der Waals surface area contributed by atoms with Crippen molar-refractivity contribution in [3.63, 3.8) is 0 Å². The molecule has 0 unspecified atom stereocenters. The molecule has 30 heavy (non-hydrogen) atoms. The third-order valence-electron chi connectivity index (χ3n) is 5.28. The van der Waals surface area contributed by atoms with Crippen LogP contribution in [0.1, 0.15) is 41.0 Å². The molecule has 2 amide bonds. The van der Waals surface area contributed by atoms with Gasteiger partial charge in [0.2, 0.25) is 5.91 Å². The number of amides is 2. The highest BCUT2D eigenvalue weighted by atomic mass is 16.6. The normalized spacial score (nSPS) is 19.1. The van der Waals surface area contributed by atoms with Crippen molar-refractivity contribution in [1.82, 2.24) is 24.9 Å². The SMILES string of the molecule is CCNC(=NCCCN1CCN(C(=O)OC(C)(C)C)CC1)N1CCN(C(C)=O)CC1. The van der Waals surface area contributed by atoms with E-state index in [9.17, 15) is 9.59 Å². The molecule has 0 atom stereocenters. The molecule has 172 valence electrons. The van der Waals surface area contributed by atoms with Crippen molar-refractivity contribution in [1.29, 1.82) is 0 Å². The Balaban J connectivity index is 1.70. The van der Waals surface area contributed by atoms with Gasteiger partial charge in [-0.15, -0.1) is 0 Å². The first-order valence-electron chi connectivity index (χ1n) is 11.2. The Labute approximate surface area is 181 Å². The molecule has 0 aromatic heterocycles. The van der Waals surface area contributed by atoms with Crippen LogP contribution in [0.15, 0.2) is 4.99 Å². The van der Waals surface area contributed by atoms with Crippen molar-refractivity contribution >= 4 is 18.0 Å². The third-order valence-corrected chi connectivity index (χ3v) is 5.28. The lowest BCUT2D eigenvalue weighted by Gasteiger charge is -2.36. The van der Waals surface area contributed by atoms with E-state index in [0.717, 1.165) is 71.3 Å². The number of hydrogen-bond donors (Lipinski definition) is 1. The van der Waals surface area contributed by atoms with E-state index < -0.39 is 5.60 Å². The molecule has 2 saturated heterocycles. The minimum atomic E-state index is -0.449. The smallest absolute Gasteiger partial charge is 0.410 e. The van der Waals surface area contributed by atoms with Gasteiger partial charge in [0, 0.05) is 78.9 Å². The van der Waals surface area contributed by atoms with E-state index in [1.165, 1.54) is 0 Å². The van der Waals surface area contributed by atoms with E-state index in [1.807, 2.05) is 25.7 Å². The summed E-state index contributed by atoms with van der Waals surface area (Å²) in [7, 11) is 0. The first kappa shape index (κ1) is 24.2. The van der Waals surface area contributed by atoms with E-state index in [4.69, 9.17) is 9.73 Å². The molecule has 2 aliphatic heterocycles. The van der Waals surface area contributed by atoms with Crippen LogP contribution in [-0.4, -0.2) is 115 Å². The maximum absolute atomic E-state index is 12.2. The Morgan fingerprint density at radius 1 is 0.933 bits per heavy atom. The third kappa shape index (κ3) is 8.01. The van der Waals surface area contributed by atoms with Gasteiger partial charge in [-0.05, 0) is 34.1 Å². The zero-order valence-electron chi connectivity index (χ0n) is 19.4. The van der Waals surface area contributed by atoms with Crippen molar-refractivity contribution in [3.8, 4) is 0 Å². The van der Waals surface area contributed by atoms with Gasteiger partial charge in [-0.2, -0.15) is 0 Å². The minimum Gasteiger partial charge on any atom is -0.444 e. The molecule has 0 aliphatic carbocycles. The highest BCUT2D eigenvalue weighted by molar-refractivity contribution is 5.80. The summed E-state index contributed by atoms with van der Waals surface area (Å²) in [5, 5.41) is 3.37. The number of carbonyl (C=O) groups excluding carboxylic acids is 2. The summed E-state index contributed by atoms with van der Waals surface area (Å²) < 4.78 is 5.46. The molecule has 0 radical (unpaired) electrons. The molecule has 2 heterocycles. The minimum absolute atomic E-state index is 0.142. The highest BCUT2D eigenvalue weighted by Gasteiger charge is 2.25. The topological polar surface area (TPSA) is 80.7 Å². The molecule has 2 fully saturated rings. The predicted molar refractivity (Wildman–Crippen MR) is 119 cm³/mol. The second kappa shape index (κ2) is 11.4. The van der Waals surface area contributed by atoms with Gasteiger partial charge in [-0.3, -0.25) is 14.7 Å². The largest absolute Gasteiger partial charge is 0.444 e. The van der Waals surface area contributed by atoms with Crippen LogP contribution in [0.2, 0.25) is 0 Å². The molecule has 0 spiro atoms. The number of ether oxygens (including phenoxy) is 1. The van der Waals surface area contributed by atoms with E-state index in [2.05, 4.69) is 22.0 Å². The summed E-state index contributed by atoms with van der Waals surface area (Å²) in [6.45, 7) is 18.3. The van der Waals surface area contributed by atoms with Crippen LogP contribution in [0.25, 0.3) is 0 Å². The van der Waals surface area contributed by atoms with Gasteiger partial charge in [-0.1, -0.05) is 0 Å². The number of aliphatic imine (C=N–C) groups is 1. The summed E-state index contributed by atoms with van der Waals surface area (Å²) in [5.74, 6) is 1.08. The average Bonchev–Trinajstić information content (AvgIpc) is 2.69. The van der Waals surface area contributed by atoms with E-state index in [1.54, 1.807) is 11.8 Å². The Morgan fingerprint density at radius 3 is 2.03 bits per heavy atom. The number of carbonyl (C=O) groups is 2. The van der Waals surface area contributed by atoms with Gasteiger partial charge < -0.3 is 24.8 Å². The highest BCUT2D eigenvalue weighted by Crippen LogP contribution is 2.12. The van der Waals surface area contributed by atoms with Crippen LogP contribution in [0.4, 0.5) is 4.79 Å². The Kier molecular flexibility index (Phi) is 9.20. The molecule has 0 saturated carbocycles. The number of nitrogens with zero attached hydrogens (tertiary/aromatic N) is 5. The standard InChI is InChI=1S/C21H40N6O3/c1-6-22-19(26-16-14-25(15-17-26)18(2)28)23-8-7-9-24-10-12-27(13-11-24)20(29)30-21(3,4)5/h6-17H2,1-5H3,(H,22,23). The van der Waals surface area contributed by atoms with Gasteiger partial charge in [0.15, 0.2) is 5.96 Å². The molecule has 0 aromatic carbocycles. The van der Waals surface area contributed by atoms with E-state index in [-0.39, 0.29) is 12.0 Å². The molecule has 9 nitrogen and oxygen atoms in total. The lowest BCUT2D eigenvalue weighted by atomic mass is 10.2. The maximum Gasteiger partial charge on any atom is 0.410 e. The van der Waals surface area contributed by atoms with Crippen molar-refractivity contribution < 1.29 is 14.3 Å². The fourth-order valence-corrected chi connectivity index (χ4v) is 3.62. The van der Waals surface area contributed by atoms with Gasteiger partial charge in [0.05, 0.1) is 0 Å². The van der Waals surface area contributed by atoms with Gasteiger partial charge in [0.25, 0.3) is 0 Å². The second-order valence-corrected chi connectivity index (χ2v) is 8.89. The van der Waals surface area contributed by atoms with E-state index >= 15 is 0 Å². The monoisotopic (exact) mass is 424 g/mol. The van der Waals surface area contributed by atoms with E-state index in [0.29, 0.717) is 13.1 Å². The van der Waals surface area contributed by atoms with Crippen molar-refractivity contribution in [2.75, 3.05) is 72.0 Å². The van der Waals surface area contributed by atoms with Crippen LogP contribution in [0.3, 0.4) is 0 Å². The second-order valence-electron chi connectivity index (χ2n) is 8.89. The maximum atomic E-state index is 12.2. The molecule has 0 aromatic rings. The van der Waals surface area contributed by atoms with Gasteiger partial charge in [-0.25, -0.2) is 4.79 Å². The zero-order valence-corrected chi connectivity index (χ0v) is 19.4. The Morgan fingerprint density at radius 2 is 1.50 bits per heavy atom. The first-order valence-corrected chi connectivity index (χ1v) is 11.2. The molecule has 2 aliphatic rings. The molecule has 1 N–H and O–H groups in total. The van der Waals surface area contributed by atoms with Crippen LogP contribution in [0.5, 0.6) is 0 Å². The Bertz CT molecular complexity index is 588. The Hall–Kier alpha value is -2.03. The summed E-state index contributed by atoms with van der Waals surface area (Å²) in [6, 6.07) is 0. The molecule has 2 rings (SSSR count). The van der Waals surface area contributed by atoms with Crippen LogP contribution in [0, 0.1) is 0 Å². The lowest BCUT2D eigenvalue weighted by molar-refractivity contribution is -0.130. The average molecular weight is 425 g/mol. The molecule has 9 heteroatoms. The summed E-state index contributed by atoms with van der Waals surface area (Å²) in [6.07, 6.45) is 0.765. The predicted octanol–water partition coefficient (Wildman–Crippen LogP) is 1.06. The van der Waals surface area contributed by atoms with Crippen molar-refractivity contribution in [2.24, 2.45) is 4.99 Å². The fraction of sp³-hybridized carbons (Fsp3) is 0.857. The molecular formula is C21H40N6O3.